The van der Waals surface area contributed by atoms with Crippen LogP contribution in [0.4, 0.5) is 5.69 Å². The fourth-order valence-electron chi connectivity index (χ4n) is 3.50. The summed E-state index contributed by atoms with van der Waals surface area (Å²) >= 11 is 0. The summed E-state index contributed by atoms with van der Waals surface area (Å²) in [6, 6.07) is 26.8. The number of rotatable bonds is 10. The van der Waals surface area contributed by atoms with Crippen LogP contribution in [0.1, 0.15) is 24.0 Å². The molecule has 1 aliphatic rings. The van der Waals surface area contributed by atoms with Gasteiger partial charge in [0, 0.05) is 31.3 Å². The summed E-state index contributed by atoms with van der Waals surface area (Å²) < 4.78 is 17.4. The number of benzene rings is 3. The van der Waals surface area contributed by atoms with Gasteiger partial charge in [-0.1, -0.05) is 48.5 Å². The van der Waals surface area contributed by atoms with Crippen LogP contribution in [0.15, 0.2) is 78.9 Å². The van der Waals surface area contributed by atoms with Gasteiger partial charge in [0.25, 0.3) is 0 Å². The van der Waals surface area contributed by atoms with Gasteiger partial charge in [0.05, 0.1) is 12.7 Å². The van der Waals surface area contributed by atoms with E-state index in [-0.39, 0.29) is 6.10 Å². The molecule has 0 radical (unpaired) electrons. The van der Waals surface area contributed by atoms with Gasteiger partial charge < -0.3 is 19.5 Å². The molecule has 0 aromatic heterocycles. The van der Waals surface area contributed by atoms with Gasteiger partial charge in [-0.15, -0.1) is 0 Å². The van der Waals surface area contributed by atoms with Crippen LogP contribution < -0.4 is 14.8 Å². The van der Waals surface area contributed by atoms with E-state index in [2.05, 4.69) is 47.8 Å². The highest BCUT2D eigenvalue weighted by Crippen LogP contribution is 2.21. The van der Waals surface area contributed by atoms with Crippen molar-refractivity contribution in [2.75, 3.05) is 25.1 Å². The molecule has 1 fully saturated rings. The quantitative estimate of drug-likeness (QED) is 0.487. The predicted molar refractivity (Wildman–Crippen MR) is 120 cm³/mol. The largest absolute Gasteiger partial charge is 0.493 e. The summed E-state index contributed by atoms with van der Waals surface area (Å²) in [6.07, 6.45) is 3.36. The molecule has 3 aromatic carbocycles. The second-order valence-corrected chi connectivity index (χ2v) is 7.56. The van der Waals surface area contributed by atoms with Gasteiger partial charge in [-0.2, -0.15) is 0 Å². The zero-order valence-corrected chi connectivity index (χ0v) is 17.3. The van der Waals surface area contributed by atoms with E-state index in [0.29, 0.717) is 13.2 Å². The van der Waals surface area contributed by atoms with Gasteiger partial charge in [0.1, 0.15) is 18.1 Å². The van der Waals surface area contributed by atoms with Crippen LogP contribution in [0.5, 0.6) is 11.5 Å². The maximum atomic E-state index is 5.89. The average Bonchev–Trinajstić information content (AvgIpc) is 3.32. The Hall–Kier alpha value is -2.98. The maximum absolute atomic E-state index is 5.89. The summed E-state index contributed by atoms with van der Waals surface area (Å²) in [6.45, 7) is 2.90. The van der Waals surface area contributed by atoms with Gasteiger partial charge in [-0.25, -0.2) is 0 Å². The first kappa shape index (κ1) is 20.3. The first-order valence-corrected chi connectivity index (χ1v) is 10.7. The molecule has 3 aromatic rings. The van der Waals surface area contributed by atoms with Crippen LogP contribution in [0.25, 0.3) is 0 Å². The van der Waals surface area contributed by atoms with E-state index >= 15 is 0 Å². The lowest BCUT2D eigenvalue weighted by Crippen LogP contribution is -2.16. The second kappa shape index (κ2) is 10.7. The van der Waals surface area contributed by atoms with Crippen molar-refractivity contribution in [2.24, 2.45) is 0 Å². The van der Waals surface area contributed by atoms with Gasteiger partial charge in [0.2, 0.25) is 0 Å². The molecule has 30 heavy (non-hydrogen) atoms. The highest BCUT2D eigenvalue weighted by Gasteiger charge is 2.15. The van der Waals surface area contributed by atoms with Gasteiger partial charge in [0.15, 0.2) is 0 Å². The lowest BCUT2D eigenvalue weighted by molar-refractivity contribution is 0.0680. The van der Waals surface area contributed by atoms with Gasteiger partial charge in [-0.3, -0.25) is 0 Å². The van der Waals surface area contributed by atoms with Gasteiger partial charge in [-0.05, 0) is 48.2 Å². The minimum atomic E-state index is 0.232. The lowest BCUT2D eigenvalue weighted by atomic mass is 10.2. The number of nitrogens with one attached hydrogen (secondary N) is 1. The summed E-state index contributed by atoms with van der Waals surface area (Å²) in [5.41, 5.74) is 3.54. The fraction of sp³-hybridized carbons (Fsp3) is 0.308. The Morgan fingerprint density at radius 2 is 1.70 bits per heavy atom. The first-order chi connectivity index (χ1) is 14.8. The van der Waals surface area contributed by atoms with Crippen LogP contribution in [-0.4, -0.2) is 25.9 Å². The zero-order chi connectivity index (χ0) is 20.4. The fourth-order valence-corrected chi connectivity index (χ4v) is 3.50. The van der Waals surface area contributed by atoms with Crippen molar-refractivity contribution < 1.29 is 14.2 Å². The van der Waals surface area contributed by atoms with E-state index in [1.165, 1.54) is 11.1 Å². The molecule has 156 valence electrons. The molecule has 0 unspecified atom stereocenters. The normalized spacial score (nSPS) is 15.7. The van der Waals surface area contributed by atoms with Crippen molar-refractivity contribution in [3.8, 4) is 11.5 Å². The lowest BCUT2D eigenvalue weighted by Gasteiger charge is -2.13. The molecule has 0 amide bonds. The average molecular weight is 404 g/mol. The van der Waals surface area contributed by atoms with E-state index in [9.17, 15) is 0 Å². The minimum absolute atomic E-state index is 0.232. The third-order valence-electron chi connectivity index (χ3n) is 5.22. The van der Waals surface area contributed by atoms with E-state index in [1.807, 2.05) is 36.4 Å². The number of hydrogen-bond acceptors (Lipinski definition) is 4. The summed E-state index contributed by atoms with van der Waals surface area (Å²) in [5, 5.41) is 3.46. The SMILES string of the molecule is c1ccc(CCOc2ccc(CNc3cccc(OC[C@@H]4CCCO4)c3)cc2)cc1. The smallest absolute Gasteiger partial charge is 0.121 e. The zero-order valence-electron chi connectivity index (χ0n) is 17.3. The van der Waals surface area contributed by atoms with Crippen LogP contribution in [0, 0.1) is 0 Å². The number of anilines is 1. The van der Waals surface area contributed by atoms with Crippen molar-refractivity contribution in [3.63, 3.8) is 0 Å². The van der Waals surface area contributed by atoms with Crippen molar-refractivity contribution in [2.45, 2.75) is 31.9 Å². The monoisotopic (exact) mass is 403 g/mol. The van der Waals surface area contributed by atoms with Crippen molar-refractivity contribution in [3.05, 3.63) is 90.0 Å². The Bertz CT molecular complexity index is 890. The molecule has 1 heterocycles. The first-order valence-electron chi connectivity index (χ1n) is 10.7. The molecule has 0 saturated carbocycles. The Balaban J connectivity index is 1.21. The summed E-state index contributed by atoms with van der Waals surface area (Å²) in [5.74, 6) is 1.77. The predicted octanol–water partition coefficient (Wildman–Crippen LogP) is 5.48. The molecule has 4 nitrogen and oxygen atoms in total. The van der Waals surface area contributed by atoms with E-state index < -0.39 is 0 Å². The van der Waals surface area contributed by atoms with Crippen LogP contribution in [0.3, 0.4) is 0 Å². The van der Waals surface area contributed by atoms with Crippen molar-refractivity contribution in [1.82, 2.24) is 0 Å². The van der Waals surface area contributed by atoms with Crippen molar-refractivity contribution >= 4 is 5.69 Å². The molecule has 4 rings (SSSR count). The molecule has 1 N–H and O–H groups in total. The van der Waals surface area contributed by atoms with Gasteiger partial charge >= 0.3 is 0 Å². The molecule has 1 saturated heterocycles. The molecule has 0 spiro atoms. The van der Waals surface area contributed by atoms with E-state index in [1.54, 1.807) is 0 Å². The third-order valence-corrected chi connectivity index (χ3v) is 5.22. The topological polar surface area (TPSA) is 39.7 Å². The van der Waals surface area contributed by atoms with Crippen LogP contribution in [-0.2, 0) is 17.7 Å². The second-order valence-electron chi connectivity index (χ2n) is 7.56. The van der Waals surface area contributed by atoms with Crippen molar-refractivity contribution in [1.29, 1.82) is 0 Å². The van der Waals surface area contributed by atoms with E-state index in [0.717, 1.165) is 49.6 Å². The standard InChI is InChI=1S/C26H29NO3/c1-2-6-21(7-3-1)15-17-29-24-13-11-22(12-14-24)19-27-23-8-4-9-25(18-23)30-20-26-10-5-16-28-26/h1-4,6-9,11-14,18,26-27H,5,10,15-17,19-20H2/t26-/m0/s1. The molecular formula is C26H29NO3. The molecule has 0 aliphatic carbocycles. The molecule has 4 heteroatoms. The Kier molecular flexibility index (Phi) is 7.24. The minimum Gasteiger partial charge on any atom is -0.493 e. The molecule has 1 aliphatic heterocycles. The van der Waals surface area contributed by atoms with E-state index in [4.69, 9.17) is 14.2 Å². The molecular weight excluding hydrogens is 374 g/mol. The maximum Gasteiger partial charge on any atom is 0.121 e. The molecule has 0 bridgehead atoms. The Morgan fingerprint density at radius 1 is 0.833 bits per heavy atom. The third kappa shape index (κ3) is 6.26. The van der Waals surface area contributed by atoms with Crippen LogP contribution >= 0.6 is 0 Å². The number of ether oxygens (including phenoxy) is 3. The number of hydrogen-bond donors (Lipinski definition) is 1. The Labute approximate surface area is 178 Å². The Morgan fingerprint density at radius 3 is 2.50 bits per heavy atom. The highest BCUT2D eigenvalue weighted by atomic mass is 16.5. The highest BCUT2D eigenvalue weighted by molar-refractivity contribution is 5.48. The summed E-state index contributed by atoms with van der Waals surface area (Å²) in [7, 11) is 0. The van der Waals surface area contributed by atoms with Crippen LogP contribution in [0.2, 0.25) is 0 Å². The molecule has 1 atom stereocenters. The summed E-state index contributed by atoms with van der Waals surface area (Å²) in [4.78, 5) is 0.